The van der Waals surface area contributed by atoms with Crippen LogP contribution in [0.2, 0.25) is 5.02 Å². The SMILES string of the molecule is Cc1nc(-c2ccc(N3CCc4c(Br)ccc(Cl)c4C3)nc2)[nH]c(=O)c1C. The van der Waals surface area contributed by atoms with E-state index in [-0.39, 0.29) is 5.56 Å². The van der Waals surface area contributed by atoms with E-state index in [9.17, 15) is 4.79 Å². The van der Waals surface area contributed by atoms with Crippen LogP contribution in [0, 0.1) is 13.8 Å². The Labute approximate surface area is 170 Å². The van der Waals surface area contributed by atoms with Gasteiger partial charge in [-0.3, -0.25) is 4.79 Å². The molecule has 7 heteroatoms. The minimum absolute atomic E-state index is 0.116. The fourth-order valence-electron chi connectivity index (χ4n) is 3.28. The van der Waals surface area contributed by atoms with Gasteiger partial charge in [0.15, 0.2) is 0 Å². The molecule has 0 fully saturated rings. The molecule has 0 atom stereocenters. The van der Waals surface area contributed by atoms with Crippen LogP contribution in [0.15, 0.2) is 39.7 Å². The summed E-state index contributed by atoms with van der Waals surface area (Å²) >= 11 is 10.0. The number of halogens is 2. The number of nitrogens with zero attached hydrogens (tertiary/aromatic N) is 3. The summed E-state index contributed by atoms with van der Waals surface area (Å²) in [5, 5.41) is 0.784. The fourth-order valence-corrected chi connectivity index (χ4v) is 4.09. The van der Waals surface area contributed by atoms with Crippen molar-refractivity contribution in [2.75, 3.05) is 11.4 Å². The molecule has 27 heavy (non-hydrogen) atoms. The van der Waals surface area contributed by atoms with Crippen LogP contribution in [0.5, 0.6) is 0 Å². The number of fused-ring (bicyclic) bond motifs is 1. The number of aromatic nitrogens is 3. The Morgan fingerprint density at radius 1 is 1.19 bits per heavy atom. The van der Waals surface area contributed by atoms with Crippen LogP contribution >= 0.6 is 27.5 Å². The number of nitrogens with one attached hydrogen (secondary N) is 1. The first-order valence-corrected chi connectivity index (χ1v) is 9.86. The Balaban J connectivity index is 1.62. The van der Waals surface area contributed by atoms with Gasteiger partial charge in [-0.25, -0.2) is 9.97 Å². The normalized spacial score (nSPS) is 13.6. The van der Waals surface area contributed by atoms with Gasteiger partial charge >= 0.3 is 0 Å². The molecule has 3 aromatic rings. The summed E-state index contributed by atoms with van der Waals surface area (Å²) in [4.78, 5) is 26.1. The molecule has 0 spiro atoms. The molecule has 1 aliphatic rings. The lowest BCUT2D eigenvalue weighted by Crippen LogP contribution is -2.31. The van der Waals surface area contributed by atoms with Crippen molar-refractivity contribution in [1.82, 2.24) is 15.0 Å². The predicted octanol–water partition coefficient (Wildman–Crippen LogP) is 4.43. The van der Waals surface area contributed by atoms with Crippen molar-refractivity contribution in [3.63, 3.8) is 0 Å². The first-order valence-electron chi connectivity index (χ1n) is 8.68. The second-order valence-corrected chi connectivity index (χ2v) is 7.95. The highest BCUT2D eigenvalue weighted by Gasteiger charge is 2.21. The fraction of sp³-hybridized carbons (Fsp3) is 0.250. The molecule has 1 aliphatic heterocycles. The summed E-state index contributed by atoms with van der Waals surface area (Å²) in [7, 11) is 0. The van der Waals surface area contributed by atoms with Gasteiger partial charge in [0.25, 0.3) is 5.56 Å². The van der Waals surface area contributed by atoms with Gasteiger partial charge in [0.2, 0.25) is 0 Å². The van der Waals surface area contributed by atoms with E-state index < -0.39 is 0 Å². The zero-order valence-corrected chi connectivity index (χ0v) is 17.4. The average molecular weight is 446 g/mol. The van der Waals surface area contributed by atoms with Gasteiger partial charge in [-0.1, -0.05) is 27.5 Å². The van der Waals surface area contributed by atoms with E-state index in [1.165, 1.54) is 5.56 Å². The van der Waals surface area contributed by atoms with E-state index in [2.05, 4.69) is 35.8 Å². The van der Waals surface area contributed by atoms with E-state index in [1.807, 2.05) is 31.2 Å². The molecule has 4 rings (SSSR count). The van der Waals surface area contributed by atoms with Crippen LogP contribution in [-0.4, -0.2) is 21.5 Å². The van der Waals surface area contributed by atoms with Gasteiger partial charge in [-0.2, -0.15) is 0 Å². The largest absolute Gasteiger partial charge is 0.352 e. The molecular formula is C20H18BrClN4O. The minimum atomic E-state index is -0.116. The highest BCUT2D eigenvalue weighted by molar-refractivity contribution is 9.10. The molecule has 138 valence electrons. The van der Waals surface area contributed by atoms with Gasteiger partial charge in [-0.15, -0.1) is 0 Å². The van der Waals surface area contributed by atoms with Gasteiger partial charge in [0.1, 0.15) is 11.6 Å². The van der Waals surface area contributed by atoms with E-state index >= 15 is 0 Å². The van der Waals surface area contributed by atoms with Crippen molar-refractivity contribution in [3.8, 4) is 11.4 Å². The summed E-state index contributed by atoms with van der Waals surface area (Å²) in [5.41, 5.74) is 4.45. The minimum Gasteiger partial charge on any atom is -0.352 e. The van der Waals surface area contributed by atoms with Gasteiger partial charge < -0.3 is 9.88 Å². The molecule has 5 nitrogen and oxygen atoms in total. The number of aryl methyl sites for hydroxylation is 1. The van der Waals surface area contributed by atoms with Crippen molar-refractivity contribution in [1.29, 1.82) is 0 Å². The summed E-state index contributed by atoms with van der Waals surface area (Å²) in [6.07, 6.45) is 2.66. The third-order valence-corrected chi connectivity index (χ3v) is 6.13. The smallest absolute Gasteiger partial charge is 0.254 e. The molecule has 0 bridgehead atoms. The molecule has 0 saturated heterocycles. The number of hydrogen-bond acceptors (Lipinski definition) is 4. The van der Waals surface area contributed by atoms with Gasteiger partial charge in [-0.05, 0) is 55.7 Å². The molecule has 0 aliphatic carbocycles. The summed E-state index contributed by atoms with van der Waals surface area (Å²) in [6.45, 7) is 5.20. The lowest BCUT2D eigenvalue weighted by molar-refractivity contribution is 0.719. The van der Waals surface area contributed by atoms with Crippen LogP contribution in [0.3, 0.4) is 0 Å². The third kappa shape index (κ3) is 3.39. The molecule has 3 heterocycles. The number of H-pyrrole nitrogens is 1. The first kappa shape index (κ1) is 18.2. The molecule has 0 saturated carbocycles. The van der Waals surface area contributed by atoms with Crippen LogP contribution in [0.25, 0.3) is 11.4 Å². The van der Waals surface area contributed by atoms with Crippen molar-refractivity contribution in [2.24, 2.45) is 0 Å². The zero-order chi connectivity index (χ0) is 19.1. The summed E-state index contributed by atoms with van der Waals surface area (Å²) in [5.74, 6) is 1.42. The van der Waals surface area contributed by atoms with E-state index in [0.29, 0.717) is 11.4 Å². The molecule has 1 aromatic carbocycles. The second-order valence-electron chi connectivity index (χ2n) is 6.69. The molecular weight excluding hydrogens is 428 g/mol. The lowest BCUT2D eigenvalue weighted by Gasteiger charge is -2.31. The maximum absolute atomic E-state index is 12.0. The highest BCUT2D eigenvalue weighted by atomic mass is 79.9. The number of benzene rings is 1. The quantitative estimate of drug-likeness (QED) is 0.634. The Morgan fingerprint density at radius 2 is 2.00 bits per heavy atom. The Hall–Kier alpha value is -2.18. The van der Waals surface area contributed by atoms with Crippen molar-refractivity contribution in [2.45, 2.75) is 26.8 Å². The zero-order valence-electron chi connectivity index (χ0n) is 15.0. The van der Waals surface area contributed by atoms with Crippen LogP contribution in [0.1, 0.15) is 22.4 Å². The highest BCUT2D eigenvalue weighted by Crippen LogP contribution is 2.33. The molecule has 2 aromatic heterocycles. The van der Waals surface area contributed by atoms with Crippen molar-refractivity contribution >= 4 is 33.3 Å². The van der Waals surface area contributed by atoms with Crippen molar-refractivity contribution < 1.29 is 0 Å². The Kier molecular flexibility index (Phi) is 4.78. The average Bonchev–Trinajstić information content (AvgIpc) is 2.68. The Morgan fingerprint density at radius 3 is 2.70 bits per heavy atom. The number of pyridine rings is 1. The van der Waals surface area contributed by atoms with Gasteiger partial charge in [0.05, 0.1) is 0 Å². The molecule has 0 amide bonds. The molecule has 0 unspecified atom stereocenters. The number of rotatable bonds is 2. The van der Waals surface area contributed by atoms with E-state index in [4.69, 9.17) is 11.6 Å². The summed E-state index contributed by atoms with van der Waals surface area (Å²) < 4.78 is 1.11. The standard InChI is InChI=1S/C20H18BrClN4O/c1-11-12(2)24-19(25-20(11)27)13-3-6-18(23-9-13)26-8-7-14-15(10-26)17(22)5-4-16(14)21/h3-6,9H,7-8,10H2,1-2H3,(H,24,25,27). The van der Waals surface area contributed by atoms with Crippen LogP contribution in [-0.2, 0) is 13.0 Å². The predicted molar refractivity (Wildman–Crippen MR) is 111 cm³/mol. The topological polar surface area (TPSA) is 61.9 Å². The lowest BCUT2D eigenvalue weighted by atomic mass is 9.99. The second kappa shape index (κ2) is 7.09. The third-order valence-electron chi connectivity index (χ3n) is 5.04. The van der Waals surface area contributed by atoms with Gasteiger partial charge in [0, 0.05) is 45.6 Å². The number of aromatic amines is 1. The monoisotopic (exact) mass is 444 g/mol. The van der Waals surface area contributed by atoms with Crippen LogP contribution in [0.4, 0.5) is 5.82 Å². The maximum atomic E-state index is 12.0. The van der Waals surface area contributed by atoms with E-state index in [1.54, 1.807) is 13.1 Å². The van der Waals surface area contributed by atoms with Crippen LogP contribution < -0.4 is 10.5 Å². The molecule has 1 N–H and O–H groups in total. The van der Waals surface area contributed by atoms with E-state index in [0.717, 1.165) is 51.6 Å². The Bertz CT molecular complexity index is 1080. The first-order chi connectivity index (χ1) is 12.9. The maximum Gasteiger partial charge on any atom is 0.254 e. The van der Waals surface area contributed by atoms with Crippen molar-refractivity contribution in [3.05, 3.63) is 72.7 Å². The number of hydrogen-bond donors (Lipinski definition) is 1. The summed E-state index contributed by atoms with van der Waals surface area (Å²) in [6, 6.07) is 7.82. The molecule has 0 radical (unpaired) electrons. The number of anilines is 1.